The van der Waals surface area contributed by atoms with Gasteiger partial charge in [0, 0.05) is 22.1 Å². The average Bonchev–Trinajstić information content (AvgIpc) is 2.27. The highest BCUT2D eigenvalue weighted by molar-refractivity contribution is 9.10. The Balaban J connectivity index is 2.83. The van der Waals surface area contributed by atoms with E-state index in [0.717, 1.165) is 17.4 Å². The van der Waals surface area contributed by atoms with E-state index >= 15 is 0 Å². The molecule has 0 fully saturated rings. The van der Waals surface area contributed by atoms with Crippen LogP contribution in [0.1, 0.15) is 31.4 Å². The zero-order valence-corrected chi connectivity index (χ0v) is 12.7. The van der Waals surface area contributed by atoms with Gasteiger partial charge in [0.25, 0.3) is 0 Å². The van der Waals surface area contributed by atoms with Crippen LogP contribution in [0, 0.1) is 19.3 Å². The third kappa shape index (κ3) is 3.71. The van der Waals surface area contributed by atoms with Crippen molar-refractivity contribution in [3.63, 3.8) is 0 Å². The number of aryl methyl sites for hydroxylation is 2. The van der Waals surface area contributed by atoms with Gasteiger partial charge in [-0.25, -0.2) is 0 Å². The van der Waals surface area contributed by atoms with Crippen molar-refractivity contribution in [2.45, 2.75) is 34.1 Å². The normalized spacial score (nSPS) is 14.5. The fraction of sp³-hybridized carbons (Fsp3) is 0.571. The molecular weight excluding hydrogens is 278 g/mol. The van der Waals surface area contributed by atoms with Crippen LogP contribution in [0.3, 0.4) is 0 Å². The molecule has 0 saturated heterocycles. The van der Waals surface area contributed by atoms with E-state index in [1.807, 2.05) is 0 Å². The second-order valence-electron chi connectivity index (χ2n) is 5.09. The van der Waals surface area contributed by atoms with Crippen LogP contribution in [0.5, 0.6) is 0 Å². The lowest BCUT2D eigenvalue weighted by atomic mass is 9.88. The van der Waals surface area contributed by atoms with Crippen LogP contribution in [0.2, 0.25) is 0 Å². The van der Waals surface area contributed by atoms with Gasteiger partial charge in [0.05, 0.1) is 6.61 Å². The minimum atomic E-state index is -0.0496. The van der Waals surface area contributed by atoms with Gasteiger partial charge in [-0.3, -0.25) is 0 Å². The topological polar surface area (TPSA) is 32.3 Å². The van der Waals surface area contributed by atoms with Crippen molar-refractivity contribution in [2.75, 3.05) is 18.5 Å². The smallest absolute Gasteiger partial charge is 0.0501 e. The van der Waals surface area contributed by atoms with Crippen LogP contribution >= 0.6 is 15.9 Å². The molecule has 0 aliphatic heterocycles. The van der Waals surface area contributed by atoms with Gasteiger partial charge in [-0.2, -0.15) is 0 Å². The van der Waals surface area contributed by atoms with E-state index in [4.69, 9.17) is 0 Å². The lowest BCUT2D eigenvalue weighted by Crippen LogP contribution is -2.30. The Labute approximate surface area is 113 Å². The summed E-state index contributed by atoms with van der Waals surface area (Å²) in [6, 6.07) is 4.22. The summed E-state index contributed by atoms with van der Waals surface area (Å²) in [5.41, 5.74) is 3.59. The molecule has 0 heterocycles. The first-order valence-electron chi connectivity index (χ1n) is 6.03. The molecule has 0 bridgehead atoms. The van der Waals surface area contributed by atoms with E-state index < -0.39 is 0 Å². The monoisotopic (exact) mass is 299 g/mol. The van der Waals surface area contributed by atoms with E-state index in [2.05, 4.69) is 61.1 Å². The van der Waals surface area contributed by atoms with E-state index in [9.17, 15) is 5.11 Å². The van der Waals surface area contributed by atoms with E-state index in [1.54, 1.807) is 0 Å². The molecule has 0 saturated carbocycles. The molecule has 0 spiro atoms. The lowest BCUT2D eigenvalue weighted by Gasteiger charge is -2.27. The molecule has 0 radical (unpaired) electrons. The molecule has 1 aromatic carbocycles. The van der Waals surface area contributed by atoms with Crippen LogP contribution in [0.25, 0.3) is 0 Å². The zero-order valence-electron chi connectivity index (χ0n) is 11.1. The maximum absolute atomic E-state index is 9.40. The molecule has 1 atom stereocenters. The number of halogens is 1. The summed E-state index contributed by atoms with van der Waals surface area (Å²) in [5, 5.41) is 12.9. The van der Waals surface area contributed by atoms with Crippen molar-refractivity contribution in [1.82, 2.24) is 0 Å². The zero-order chi connectivity index (χ0) is 13.1. The third-order valence-corrected chi connectivity index (χ3v) is 3.88. The first kappa shape index (κ1) is 14.5. The van der Waals surface area contributed by atoms with E-state index in [-0.39, 0.29) is 12.0 Å². The number of hydrogen-bond donors (Lipinski definition) is 2. The number of aliphatic hydroxyl groups is 1. The number of hydrogen-bond acceptors (Lipinski definition) is 2. The highest BCUT2D eigenvalue weighted by Crippen LogP contribution is 2.27. The number of nitrogens with one attached hydrogen (secondary N) is 1. The molecule has 2 nitrogen and oxygen atoms in total. The third-order valence-electron chi connectivity index (χ3n) is 3.42. The van der Waals surface area contributed by atoms with Crippen molar-refractivity contribution in [3.8, 4) is 0 Å². The Morgan fingerprint density at radius 1 is 1.29 bits per heavy atom. The highest BCUT2D eigenvalue weighted by Gasteiger charge is 2.21. The average molecular weight is 300 g/mol. The van der Waals surface area contributed by atoms with Gasteiger partial charge in [-0.1, -0.05) is 29.8 Å². The Hall–Kier alpha value is -0.540. The summed E-state index contributed by atoms with van der Waals surface area (Å²) < 4.78 is 1.11. The number of rotatable bonds is 5. The summed E-state index contributed by atoms with van der Waals surface area (Å²) in [5.74, 6) is 0. The van der Waals surface area contributed by atoms with Crippen molar-refractivity contribution >= 4 is 21.6 Å². The van der Waals surface area contributed by atoms with Gasteiger partial charge < -0.3 is 10.4 Å². The maximum Gasteiger partial charge on any atom is 0.0501 e. The molecular formula is C14H22BrNO. The molecule has 2 N–H and O–H groups in total. The van der Waals surface area contributed by atoms with Crippen LogP contribution in [-0.2, 0) is 0 Å². The second-order valence-corrected chi connectivity index (χ2v) is 6.01. The molecule has 1 unspecified atom stereocenters. The van der Waals surface area contributed by atoms with E-state index in [0.29, 0.717) is 0 Å². The molecule has 1 aromatic rings. The Morgan fingerprint density at radius 2 is 1.82 bits per heavy atom. The lowest BCUT2D eigenvalue weighted by molar-refractivity contribution is 0.149. The van der Waals surface area contributed by atoms with Crippen molar-refractivity contribution in [2.24, 2.45) is 5.41 Å². The largest absolute Gasteiger partial charge is 0.396 e. The van der Waals surface area contributed by atoms with Gasteiger partial charge in [0.15, 0.2) is 0 Å². The SMILES string of the molecule is CCC(C)(CO)CNc1c(C)cc(Br)cc1C. The summed E-state index contributed by atoms with van der Waals surface area (Å²) in [6.07, 6.45) is 0.963. The molecule has 17 heavy (non-hydrogen) atoms. The highest BCUT2D eigenvalue weighted by atomic mass is 79.9. The van der Waals surface area contributed by atoms with E-state index in [1.165, 1.54) is 16.8 Å². The Kier molecular flexibility index (Phi) is 5.02. The summed E-state index contributed by atoms with van der Waals surface area (Å²) in [7, 11) is 0. The standard InChI is InChI=1S/C14H22BrNO/c1-5-14(4,9-17)8-16-13-10(2)6-12(15)7-11(13)3/h6-7,16-17H,5,8-9H2,1-4H3. The fourth-order valence-electron chi connectivity index (χ4n) is 1.78. The summed E-state index contributed by atoms with van der Waals surface area (Å²) in [6.45, 7) is 9.42. The molecule has 96 valence electrons. The molecule has 3 heteroatoms. The Bertz CT molecular complexity index is 363. The second kappa shape index (κ2) is 5.87. The van der Waals surface area contributed by atoms with Crippen LogP contribution in [-0.4, -0.2) is 18.3 Å². The number of anilines is 1. The van der Waals surface area contributed by atoms with Gasteiger partial charge >= 0.3 is 0 Å². The van der Waals surface area contributed by atoms with Gasteiger partial charge in [0.2, 0.25) is 0 Å². The Morgan fingerprint density at radius 3 is 2.24 bits per heavy atom. The predicted molar refractivity (Wildman–Crippen MR) is 77.6 cm³/mol. The summed E-state index contributed by atoms with van der Waals surface area (Å²) >= 11 is 3.50. The van der Waals surface area contributed by atoms with Gasteiger partial charge in [0.1, 0.15) is 0 Å². The fourth-order valence-corrected chi connectivity index (χ4v) is 2.47. The molecule has 1 rings (SSSR count). The molecule has 0 aromatic heterocycles. The van der Waals surface area contributed by atoms with Crippen molar-refractivity contribution in [3.05, 3.63) is 27.7 Å². The van der Waals surface area contributed by atoms with Crippen molar-refractivity contribution in [1.29, 1.82) is 0 Å². The first-order chi connectivity index (χ1) is 7.91. The minimum absolute atomic E-state index is 0.0496. The molecule has 0 amide bonds. The number of aliphatic hydroxyl groups excluding tert-OH is 1. The van der Waals surface area contributed by atoms with Gasteiger partial charge in [-0.15, -0.1) is 0 Å². The van der Waals surface area contributed by atoms with Gasteiger partial charge in [-0.05, 0) is 43.5 Å². The maximum atomic E-state index is 9.40. The molecule has 0 aliphatic rings. The quantitative estimate of drug-likeness (QED) is 0.864. The molecule has 0 aliphatic carbocycles. The number of benzene rings is 1. The predicted octanol–water partition coefficient (Wildman–Crippen LogP) is 3.89. The van der Waals surface area contributed by atoms with Crippen LogP contribution in [0.15, 0.2) is 16.6 Å². The van der Waals surface area contributed by atoms with Crippen LogP contribution < -0.4 is 5.32 Å². The van der Waals surface area contributed by atoms with Crippen molar-refractivity contribution < 1.29 is 5.11 Å². The minimum Gasteiger partial charge on any atom is -0.396 e. The van der Waals surface area contributed by atoms with Crippen LogP contribution in [0.4, 0.5) is 5.69 Å². The summed E-state index contributed by atoms with van der Waals surface area (Å²) in [4.78, 5) is 0. The first-order valence-corrected chi connectivity index (χ1v) is 6.82.